The number of pyridine rings is 1. The molecule has 0 spiro atoms. The quantitative estimate of drug-likeness (QED) is 0.437. The molecule has 3 aromatic heterocycles. The van der Waals surface area contributed by atoms with Gasteiger partial charge in [-0.25, -0.2) is 15.0 Å². The van der Waals surface area contributed by atoms with Crippen molar-refractivity contribution < 1.29 is 23.4 Å². The minimum atomic E-state index is -2.94. The third kappa shape index (κ3) is 3.66. The number of fused-ring (bicyclic) bond motifs is 5. The maximum absolute atomic E-state index is 13.1. The van der Waals surface area contributed by atoms with Crippen LogP contribution < -0.4 is 9.64 Å². The van der Waals surface area contributed by atoms with Gasteiger partial charge in [0.1, 0.15) is 17.0 Å². The van der Waals surface area contributed by atoms with E-state index in [4.69, 9.17) is 14.5 Å². The third-order valence-electron chi connectivity index (χ3n) is 7.74. The van der Waals surface area contributed by atoms with Crippen molar-refractivity contribution in [2.24, 2.45) is 0 Å². The van der Waals surface area contributed by atoms with E-state index in [1.54, 1.807) is 25.1 Å². The second-order valence-corrected chi connectivity index (χ2v) is 10.2. The van der Waals surface area contributed by atoms with Crippen LogP contribution in [0.2, 0.25) is 0 Å². The number of para-hydroxylation sites is 1. The minimum Gasteiger partial charge on any atom is -0.435 e. The number of alkyl halides is 2. The number of halogens is 2. The summed E-state index contributed by atoms with van der Waals surface area (Å²) in [6, 6.07) is 10.9. The standard InChI is InChI=1S/C27H25F2N5O3/c1-27(35)9-20(19-4-2-3-5-21(19)37-25(28)29)23-24(27)32-22-7-6-15(12-34(22)23)16-10-30-26(31-11-16)33-13-18-8-17(33)14-36-18/h2-7,10-12,17-18,20,25,35H,8-9,13-14H2,1H3. The Bertz CT molecular complexity index is 1490. The summed E-state index contributed by atoms with van der Waals surface area (Å²) in [5, 5.41) is 11.2. The van der Waals surface area contributed by atoms with Crippen molar-refractivity contribution in [2.75, 3.05) is 18.1 Å². The van der Waals surface area contributed by atoms with Crippen molar-refractivity contribution in [3.8, 4) is 16.9 Å². The first-order chi connectivity index (χ1) is 17.9. The highest BCUT2D eigenvalue weighted by molar-refractivity contribution is 5.65. The van der Waals surface area contributed by atoms with Crippen LogP contribution in [0.3, 0.4) is 0 Å². The molecule has 1 N–H and O–H groups in total. The van der Waals surface area contributed by atoms with Crippen LogP contribution in [-0.4, -0.2) is 56.4 Å². The summed E-state index contributed by atoms with van der Waals surface area (Å²) in [6.07, 6.45) is 7.15. The fraction of sp³-hybridized carbons (Fsp3) is 0.370. The van der Waals surface area contributed by atoms with Crippen LogP contribution in [0.5, 0.6) is 5.75 Å². The molecule has 0 amide bonds. The maximum Gasteiger partial charge on any atom is 0.387 e. The largest absolute Gasteiger partial charge is 0.435 e. The number of benzene rings is 1. The zero-order valence-electron chi connectivity index (χ0n) is 20.1. The zero-order valence-corrected chi connectivity index (χ0v) is 20.1. The Balaban J connectivity index is 1.28. The summed E-state index contributed by atoms with van der Waals surface area (Å²) >= 11 is 0. The summed E-state index contributed by atoms with van der Waals surface area (Å²) in [5.41, 5.74) is 3.07. The van der Waals surface area contributed by atoms with Gasteiger partial charge in [0.2, 0.25) is 5.95 Å². The lowest BCUT2D eigenvalue weighted by Gasteiger charge is -2.26. The summed E-state index contributed by atoms with van der Waals surface area (Å²) in [5.74, 6) is 0.426. The van der Waals surface area contributed by atoms with E-state index in [0.29, 0.717) is 41.9 Å². The van der Waals surface area contributed by atoms with Crippen molar-refractivity contribution in [1.82, 2.24) is 19.4 Å². The molecule has 4 atom stereocenters. The van der Waals surface area contributed by atoms with Gasteiger partial charge in [-0.15, -0.1) is 0 Å². The van der Waals surface area contributed by atoms with Crippen molar-refractivity contribution in [1.29, 1.82) is 0 Å². The van der Waals surface area contributed by atoms with Crippen molar-refractivity contribution in [2.45, 2.75) is 50.0 Å². The van der Waals surface area contributed by atoms with Crippen LogP contribution in [0.15, 0.2) is 55.0 Å². The SMILES string of the molecule is CC1(O)CC(c2ccccc2OC(F)F)c2c1nc1ccc(-c3cnc(N4CC5CC4CO5)nc3)cn21. The number of aromatic nitrogens is 4. The molecule has 4 unspecified atom stereocenters. The van der Waals surface area contributed by atoms with E-state index in [-0.39, 0.29) is 17.8 Å². The highest BCUT2D eigenvalue weighted by Crippen LogP contribution is 2.49. The van der Waals surface area contributed by atoms with E-state index < -0.39 is 12.2 Å². The molecule has 2 saturated heterocycles. The molecule has 7 rings (SSSR count). The first-order valence-electron chi connectivity index (χ1n) is 12.4. The molecule has 5 heterocycles. The molecule has 190 valence electrons. The van der Waals surface area contributed by atoms with Crippen LogP contribution in [0.25, 0.3) is 16.8 Å². The molecular formula is C27H25F2N5O3. The summed E-state index contributed by atoms with van der Waals surface area (Å²) in [7, 11) is 0. The number of morpholine rings is 1. The molecule has 8 nitrogen and oxygen atoms in total. The number of imidazole rings is 1. The molecule has 3 aliphatic rings. The molecule has 10 heteroatoms. The Morgan fingerprint density at radius 3 is 2.68 bits per heavy atom. The summed E-state index contributed by atoms with van der Waals surface area (Å²) < 4.78 is 38.7. The number of nitrogens with zero attached hydrogens (tertiary/aromatic N) is 5. The van der Waals surface area contributed by atoms with Crippen molar-refractivity contribution in [3.63, 3.8) is 0 Å². The topological polar surface area (TPSA) is 85.0 Å². The Labute approximate surface area is 211 Å². The molecule has 1 aromatic carbocycles. The fourth-order valence-electron chi connectivity index (χ4n) is 6.05. The smallest absolute Gasteiger partial charge is 0.387 e. The van der Waals surface area contributed by atoms with Crippen LogP contribution in [0, 0.1) is 0 Å². The normalized spacial score (nSPS) is 26.4. The molecule has 4 aromatic rings. The van der Waals surface area contributed by atoms with E-state index in [0.717, 1.165) is 29.8 Å². The lowest BCUT2D eigenvalue weighted by molar-refractivity contribution is -0.0506. The number of anilines is 1. The number of rotatable bonds is 5. The monoisotopic (exact) mass is 505 g/mol. The first-order valence-corrected chi connectivity index (χ1v) is 12.4. The number of aliphatic hydroxyl groups is 1. The number of ether oxygens (including phenoxy) is 2. The van der Waals surface area contributed by atoms with Crippen molar-refractivity contribution in [3.05, 3.63) is 71.9 Å². The maximum atomic E-state index is 13.1. The van der Waals surface area contributed by atoms with Gasteiger partial charge in [0.05, 0.1) is 30.1 Å². The van der Waals surface area contributed by atoms with Gasteiger partial charge < -0.3 is 23.9 Å². The fourth-order valence-corrected chi connectivity index (χ4v) is 6.05. The second-order valence-electron chi connectivity index (χ2n) is 10.2. The molecule has 0 radical (unpaired) electrons. The van der Waals surface area contributed by atoms with E-state index in [9.17, 15) is 13.9 Å². The molecule has 2 aliphatic heterocycles. The Kier molecular flexibility index (Phi) is 4.99. The van der Waals surface area contributed by atoms with E-state index in [1.165, 1.54) is 6.07 Å². The highest BCUT2D eigenvalue weighted by atomic mass is 19.3. The van der Waals surface area contributed by atoms with E-state index >= 15 is 0 Å². The lowest BCUT2D eigenvalue weighted by atomic mass is 9.93. The number of hydrogen-bond acceptors (Lipinski definition) is 7. The van der Waals surface area contributed by atoms with Crippen LogP contribution in [0.4, 0.5) is 14.7 Å². The average molecular weight is 506 g/mol. The minimum absolute atomic E-state index is 0.0993. The van der Waals surface area contributed by atoms with Crippen molar-refractivity contribution >= 4 is 11.6 Å². The Hall–Kier alpha value is -3.63. The van der Waals surface area contributed by atoms with E-state index in [1.807, 2.05) is 35.1 Å². The molecule has 2 fully saturated rings. The van der Waals surface area contributed by atoms with Gasteiger partial charge >= 0.3 is 6.61 Å². The van der Waals surface area contributed by atoms with Gasteiger partial charge in [-0.1, -0.05) is 18.2 Å². The number of hydrogen-bond donors (Lipinski definition) is 1. The van der Waals surface area contributed by atoms with Gasteiger partial charge in [-0.2, -0.15) is 8.78 Å². The van der Waals surface area contributed by atoms with E-state index in [2.05, 4.69) is 14.9 Å². The van der Waals surface area contributed by atoms with Gasteiger partial charge in [-0.3, -0.25) is 0 Å². The molecule has 37 heavy (non-hydrogen) atoms. The van der Waals surface area contributed by atoms with Crippen LogP contribution >= 0.6 is 0 Å². The van der Waals surface area contributed by atoms with Crippen LogP contribution in [-0.2, 0) is 10.3 Å². The molecule has 0 saturated carbocycles. The predicted octanol–water partition coefficient (Wildman–Crippen LogP) is 4.11. The average Bonchev–Trinajstić information content (AvgIpc) is 3.65. The molecular weight excluding hydrogens is 480 g/mol. The van der Waals surface area contributed by atoms with Crippen LogP contribution in [0.1, 0.15) is 42.6 Å². The third-order valence-corrected chi connectivity index (χ3v) is 7.74. The Morgan fingerprint density at radius 1 is 1.14 bits per heavy atom. The van der Waals surface area contributed by atoms with Gasteiger partial charge in [-0.05, 0) is 38.0 Å². The summed E-state index contributed by atoms with van der Waals surface area (Å²) in [6.45, 7) is 0.296. The first kappa shape index (κ1) is 22.6. The van der Waals surface area contributed by atoms with Gasteiger partial charge in [0, 0.05) is 47.7 Å². The molecule has 1 aliphatic carbocycles. The zero-order chi connectivity index (χ0) is 25.3. The second kappa shape index (κ2) is 8.19. The lowest BCUT2D eigenvalue weighted by Crippen LogP contribution is -2.38. The predicted molar refractivity (Wildman–Crippen MR) is 131 cm³/mol. The van der Waals surface area contributed by atoms with Gasteiger partial charge in [0.25, 0.3) is 0 Å². The summed E-state index contributed by atoms with van der Waals surface area (Å²) in [4.78, 5) is 16.2. The Morgan fingerprint density at radius 2 is 1.95 bits per heavy atom. The van der Waals surface area contributed by atoms with Gasteiger partial charge in [0.15, 0.2) is 0 Å². The highest BCUT2D eigenvalue weighted by Gasteiger charge is 2.45. The molecule has 2 bridgehead atoms.